The van der Waals surface area contributed by atoms with Gasteiger partial charge in [0.1, 0.15) is 11.6 Å². The third kappa shape index (κ3) is 4.92. The third-order valence-electron chi connectivity index (χ3n) is 4.30. The fourth-order valence-electron chi connectivity index (χ4n) is 2.56. The minimum atomic E-state index is -0.283. The second-order valence-electron chi connectivity index (χ2n) is 6.42. The molecule has 0 amide bonds. The van der Waals surface area contributed by atoms with E-state index in [4.69, 9.17) is 0 Å². The van der Waals surface area contributed by atoms with Gasteiger partial charge < -0.3 is 0 Å². The minimum absolute atomic E-state index is 0.0414. The molecule has 3 aromatic rings. The predicted molar refractivity (Wildman–Crippen MR) is 111 cm³/mol. The number of aromatic nitrogens is 3. The highest BCUT2D eigenvalue weighted by atomic mass is 32.2. The first-order valence-corrected chi connectivity index (χ1v) is 10.8. The van der Waals surface area contributed by atoms with E-state index in [-0.39, 0.29) is 17.7 Å². The molecule has 2 aromatic carbocycles. The van der Waals surface area contributed by atoms with Crippen molar-refractivity contribution in [2.75, 3.05) is 25.6 Å². The Balaban J connectivity index is 1.76. The van der Waals surface area contributed by atoms with Gasteiger partial charge in [-0.25, -0.2) is 8.78 Å². The summed E-state index contributed by atoms with van der Waals surface area (Å²) in [7, 11) is 3.96. The molecule has 8 heteroatoms. The Morgan fingerprint density at radius 3 is 2.32 bits per heavy atom. The molecule has 0 spiro atoms. The molecule has 0 N–H and O–H groups in total. The van der Waals surface area contributed by atoms with Crippen molar-refractivity contribution < 1.29 is 8.78 Å². The molecule has 0 aliphatic carbocycles. The van der Waals surface area contributed by atoms with Gasteiger partial charge in [-0.3, -0.25) is 9.47 Å². The first kappa shape index (κ1) is 20.8. The van der Waals surface area contributed by atoms with E-state index < -0.39 is 0 Å². The molecular weight excluding hydrogens is 398 g/mol. The summed E-state index contributed by atoms with van der Waals surface area (Å²) in [5.41, 5.74) is 0.819. The third-order valence-corrected chi connectivity index (χ3v) is 6.54. The van der Waals surface area contributed by atoms with Gasteiger partial charge in [-0.1, -0.05) is 23.9 Å². The first-order chi connectivity index (χ1) is 13.5. The molecule has 0 aliphatic heterocycles. The van der Waals surface area contributed by atoms with Gasteiger partial charge in [0.25, 0.3) is 0 Å². The number of nitrogens with zero attached hydrogens (tertiary/aromatic N) is 4. The van der Waals surface area contributed by atoms with Gasteiger partial charge in [-0.05, 0) is 57.4 Å². The maximum Gasteiger partial charge on any atom is 0.195 e. The summed E-state index contributed by atoms with van der Waals surface area (Å²) in [4.78, 5) is 2.69. The summed E-state index contributed by atoms with van der Waals surface area (Å²) in [6, 6.07) is 13.1. The van der Waals surface area contributed by atoms with Crippen molar-refractivity contribution in [2.45, 2.75) is 23.0 Å². The van der Waals surface area contributed by atoms with E-state index in [1.807, 2.05) is 36.6 Å². The van der Waals surface area contributed by atoms with E-state index in [1.165, 1.54) is 30.0 Å². The highest BCUT2D eigenvalue weighted by Gasteiger charge is 2.21. The van der Waals surface area contributed by atoms with Gasteiger partial charge in [0.15, 0.2) is 11.0 Å². The quantitative estimate of drug-likeness (QED) is 0.376. The smallest absolute Gasteiger partial charge is 0.195 e. The van der Waals surface area contributed by atoms with Gasteiger partial charge in [-0.2, -0.15) is 0 Å². The lowest BCUT2D eigenvalue weighted by Crippen LogP contribution is -2.20. The van der Waals surface area contributed by atoms with Gasteiger partial charge in [0, 0.05) is 22.1 Å². The predicted octanol–water partition coefficient (Wildman–Crippen LogP) is 5.05. The molecule has 3 rings (SSSR count). The SMILES string of the molecule is C[C@H](c1nnc(SCCSc2ccccc2F)n1-c1ccc(F)cc1)N(C)C. The van der Waals surface area contributed by atoms with E-state index in [9.17, 15) is 8.78 Å². The average Bonchev–Trinajstić information content (AvgIpc) is 3.10. The molecule has 0 aliphatic rings. The molecule has 0 saturated heterocycles. The van der Waals surface area contributed by atoms with Crippen LogP contribution in [-0.2, 0) is 0 Å². The van der Waals surface area contributed by atoms with Crippen LogP contribution in [0.2, 0.25) is 0 Å². The lowest BCUT2D eigenvalue weighted by Gasteiger charge is -2.20. The van der Waals surface area contributed by atoms with Crippen LogP contribution in [0.3, 0.4) is 0 Å². The van der Waals surface area contributed by atoms with Crippen molar-refractivity contribution in [1.29, 1.82) is 0 Å². The molecule has 0 fully saturated rings. The molecule has 1 atom stereocenters. The highest BCUT2D eigenvalue weighted by Crippen LogP contribution is 2.28. The Hall–Kier alpha value is -1.90. The number of benzene rings is 2. The lowest BCUT2D eigenvalue weighted by atomic mass is 10.2. The monoisotopic (exact) mass is 420 g/mol. The van der Waals surface area contributed by atoms with Crippen LogP contribution in [0, 0.1) is 11.6 Å². The summed E-state index contributed by atoms with van der Waals surface area (Å²) < 4.78 is 29.1. The lowest BCUT2D eigenvalue weighted by molar-refractivity contribution is 0.305. The van der Waals surface area contributed by atoms with Crippen LogP contribution in [0.25, 0.3) is 5.69 Å². The Morgan fingerprint density at radius 2 is 1.64 bits per heavy atom. The molecule has 148 valence electrons. The minimum Gasteiger partial charge on any atom is -0.300 e. The number of halogens is 2. The standard InChI is InChI=1S/C20H22F2N4S2/c1-14(25(2)3)19-23-24-20(26(19)16-10-8-15(21)9-11-16)28-13-12-27-18-7-5-4-6-17(18)22/h4-11,14H,12-13H2,1-3H3/t14-/m1/s1. The number of hydrogen-bond acceptors (Lipinski definition) is 5. The number of rotatable bonds is 8. The van der Waals surface area contributed by atoms with E-state index in [0.29, 0.717) is 4.90 Å². The zero-order chi connectivity index (χ0) is 20.1. The summed E-state index contributed by atoms with van der Waals surface area (Å²) >= 11 is 3.03. The Kier molecular flexibility index (Phi) is 7.09. The summed E-state index contributed by atoms with van der Waals surface area (Å²) in [6.45, 7) is 2.05. The van der Waals surface area contributed by atoms with E-state index >= 15 is 0 Å². The zero-order valence-electron chi connectivity index (χ0n) is 16.0. The van der Waals surface area contributed by atoms with Crippen LogP contribution < -0.4 is 0 Å². The van der Waals surface area contributed by atoms with E-state index in [2.05, 4.69) is 10.2 Å². The van der Waals surface area contributed by atoms with Crippen molar-refractivity contribution in [3.8, 4) is 5.69 Å². The normalized spacial score (nSPS) is 12.5. The van der Waals surface area contributed by atoms with Crippen molar-refractivity contribution >= 4 is 23.5 Å². The molecule has 0 radical (unpaired) electrons. The maximum absolute atomic E-state index is 13.7. The van der Waals surface area contributed by atoms with Gasteiger partial charge in [-0.15, -0.1) is 22.0 Å². The van der Waals surface area contributed by atoms with E-state index in [1.54, 1.807) is 36.0 Å². The first-order valence-electron chi connectivity index (χ1n) is 8.85. The van der Waals surface area contributed by atoms with Gasteiger partial charge in [0.2, 0.25) is 0 Å². The molecule has 0 saturated carbocycles. The van der Waals surface area contributed by atoms with E-state index in [0.717, 1.165) is 28.2 Å². The molecule has 4 nitrogen and oxygen atoms in total. The largest absolute Gasteiger partial charge is 0.300 e. The van der Waals surface area contributed by atoms with Crippen LogP contribution in [0.15, 0.2) is 58.6 Å². The Morgan fingerprint density at radius 1 is 0.964 bits per heavy atom. The number of hydrogen-bond donors (Lipinski definition) is 0. The van der Waals surface area contributed by atoms with Crippen LogP contribution in [-0.4, -0.2) is 45.3 Å². The van der Waals surface area contributed by atoms with Crippen molar-refractivity contribution in [3.63, 3.8) is 0 Å². The molecule has 0 unspecified atom stereocenters. The Labute approximate surface area is 172 Å². The Bertz CT molecular complexity index is 913. The fourth-order valence-corrected chi connectivity index (χ4v) is 4.43. The molecule has 1 heterocycles. The average molecular weight is 421 g/mol. The molecule has 0 bridgehead atoms. The summed E-state index contributed by atoms with van der Waals surface area (Å²) in [6.07, 6.45) is 0. The molecular formula is C20H22F2N4S2. The topological polar surface area (TPSA) is 34.0 Å². The van der Waals surface area contributed by atoms with Gasteiger partial charge >= 0.3 is 0 Å². The zero-order valence-corrected chi connectivity index (χ0v) is 17.6. The van der Waals surface area contributed by atoms with Gasteiger partial charge in [0.05, 0.1) is 6.04 Å². The fraction of sp³-hybridized carbons (Fsp3) is 0.300. The second-order valence-corrected chi connectivity index (χ2v) is 8.62. The second kappa shape index (κ2) is 9.54. The van der Waals surface area contributed by atoms with Crippen molar-refractivity contribution in [3.05, 3.63) is 66.0 Å². The van der Waals surface area contributed by atoms with Crippen molar-refractivity contribution in [1.82, 2.24) is 19.7 Å². The van der Waals surface area contributed by atoms with Crippen LogP contribution in [0.1, 0.15) is 18.8 Å². The highest BCUT2D eigenvalue weighted by molar-refractivity contribution is 8.02. The maximum atomic E-state index is 13.7. The van der Waals surface area contributed by atoms with Crippen molar-refractivity contribution in [2.24, 2.45) is 0 Å². The summed E-state index contributed by atoms with van der Waals surface area (Å²) in [5.74, 6) is 1.79. The van der Waals surface area contributed by atoms with Crippen LogP contribution in [0.4, 0.5) is 8.78 Å². The molecule has 1 aromatic heterocycles. The molecule has 28 heavy (non-hydrogen) atoms. The summed E-state index contributed by atoms with van der Waals surface area (Å²) in [5, 5.41) is 9.47. The van der Waals surface area contributed by atoms with Crippen LogP contribution >= 0.6 is 23.5 Å². The number of thioether (sulfide) groups is 2. The van der Waals surface area contributed by atoms with Crippen LogP contribution in [0.5, 0.6) is 0 Å².